The van der Waals surface area contributed by atoms with Crippen molar-refractivity contribution in [2.45, 2.75) is 18.5 Å². The van der Waals surface area contributed by atoms with E-state index in [2.05, 4.69) is 33.3 Å². The van der Waals surface area contributed by atoms with Crippen LogP contribution in [0, 0.1) is 0 Å². The van der Waals surface area contributed by atoms with E-state index >= 15 is 0 Å². The Hall–Kier alpha value is -1.34. The molecule has 0 radical (unpaired) electrons. The van der Waals surface area contributed by atoms with Crippen LogP contribution in [-0.4, -0.2) is 33.6 Å². The molecule has 2 rings (SSSR count). The second-order valence-corrected chi connectivity index (χ2v) is 5.82. The van der Waals surface area contributed by atoms with Gasteiger partial charge in [-0.05, 0) is 12.5 Å². The third-order valence-corrected chi connectivity index (χ3v) is 4.72. The number of aromatic nitrogens is 3. The predicted molar refractivity (Wildman–Crippen MR) is 76.4 cm³/mol. The summed E-state index contributed by atoms with van der Waals surface area (Å²) in [6.07, 6.45) is 1.02. The van der Waals surface area contributed by atoms with Gasteiger partial charge in [0.1, 0.15) is 0 Å². The Kier molecular flexibility index (Phi) is 4.60. The summed E-state index contributed by atoms with van der Waals surface area (Å²) in [4.78, 5) is 12.4. The summed E-state index contributed by atoms with van der Waals surface area (Å²) in [6.45, 7) is 2.13. The third kappa shape index (κ3) is 3.16. The zero-order chi connectivity index (χ0) is 13.8. The molecule has 102 valence electrons. The first-order valence-electron chi connectivity index (χ1n) is 5.82. The van der Waals surface area contributed by atoms with Crippen LogP contribution >= 0.6 is 23.1 Å². The molecule has 2 aromatic rings. The monoisotopic (exact) mass is 297 g/mol. The van der Waals surface area contributed by atoms with Gasteiger partial charge in [-0.15, -0.1) is 21.5 Å². The van der Waals surface area contributed by atoms with E-state index in [9.17, 15) is 4.79 Å². The molecular weight excluding hydrogens is 282 g/mol. The van der Waals surface area contributed by atoms with Gasteiger partial charge in [-0.25, -0.2) is 0 Å². The lowest BCUT2D eigenvalue weighted by Crippen LogP contribution is -2.04. The summed E-state index contributed by atoms with van der Waals surface area (Å²) in [5.74, 6) is 0.799. The molecule has 0 aromatic carbocycles. The standard InChI is InChI=1S/C12H15N3O2S2/c1-4-9-5-8(6-18-9)11-13-14-12(15(11)2)19-7-10(16)17-3/h5-6H,4,7H2,1-3H3. The molecule has 0 aliphatic rings. The summed E-state index contributed by atoms with van der Waals surface area (Å²) >= 11 is 3.05. The highest BCUT2D eigenvalue weighted by atomic mass is 32.2. The van der Waals surface area contributed by atoms with Crippen molar-refractivity contribution in [3.63, 3.8) is 0 Å². The van der Waals surface area contributed by atoms with E-state index in [4.69, 9.17) is 0 Å². The number of aryl methyl sites for hydroxylation is 1. The molecule has 0 bridgehead atoms. The van der Waals surface area contributed by atoms with E-state index in [0.29, 0.717) is 5.16 Å². The number of nitrogens with zero attached hydrogens (tertiary/aromatic N) is 3. The molecule has 0 saturated heterocycles. The van der Waals surface area contributed by atoms with Crippen molar-refractivity contribution in [1.29, 1.82) is 0 Å². The number of carbonyl (C=O) groups is 1. The highest BCUT2D eigenvalue weighted by molar-refractivity contribution is 7.99. The molecule has 5 nitrogen and oxygen atoms in total. The minimum Gasteiger partial charge on any atom is -0.468 e. The number of hydrogen-bond donors (Lipinski definition) is 0. The van der Waals surface area contributed by atoms with E-state index in [0.717, 1.165) is 17.8 Å². The summed E-state index contributed by atoms with van der Waals surface area (Å²) < 4.78 is 6.50. The molecule has 0 unspecified atom stereocenters. The fourth-order valence-electron chi connectivity index (χ4n) is 1.56. The molecule has 0 amide bonds. The molecule has 2 heterocycles. The fourth-order valence-corrected chi connectivity index (χ4v) is 3.11. The second kappa shape index (κ2) is 6.21. The van der Waals surface area contributed by atoms with Crippen LogP contribution < -0.4 is 0 Å². The maximum absolute atomic E-state index is 11.1. The van der Waals surface area contributed by atoms with Crippen LogP contribution in [0.3, 0.4) is 0 Å². The summed E-state index contributed by atoms with van der Waals surface area (Å²) in [5.41, 5.74) is 1.07. The van der Waals surface area contributed by atoms with Gasteiger partial charge in [0.15, 0.2) is 11.0 Å². The van der Waals surface area contributed by atoms with Gasteiger partial charge >= 0.3 is 5.97 Å². The second-order valence-electron chi connectivity index (χ2n) is 3.89. The Balaban J connectivity index is 2.15. The molecule has 7 heteroatoms. The van der Waals surface area contributed by atoms with Crippen molar-refractivity contribution in [1.82, 2.24) is 14.8 Å². The zero-order valence-corrected chi connectivity index (χ0v) is 12.7. The molecular formula is C12H15N3O2S2. The largest absolute Gasteiger partial charge is 0.468 e. The van der Waals surface area contributed by atoms with Gasteiger partial charge < -0.3 is 9.30 Å². The number of thiophene rings is 1. The van der Waals surface area contributed by atoms with Gasteiger partial charge in [0.2, 0.25) is 0 Å². The minimum atomic E-state index is -0.265. The van der Waals surface area contributed by atoms with Gasteiger partial charge in [0, 0.05) is 22.9 Å². The van der Waals surface area contributed by atoms with E-state index in [-0.39, 0.29) is 11.7 Å². The number of hydrogen-bond acceptors (Lipinski definition) is 6. The van der Waals surface area contributed by atoms with Crippen LogP contribution in [-0.2, 0) is 23.0 Å². The molecule has 19 heavy (non-hydrogen) atoms. The molecule has 0 aliphatic heterocycles. The van der Waals surface area contributed by atoms with Crippen molar-refractivity contribution in [2.24, 2.45) is 7.05 Å². The van der Waals surface area contributed by atoms with Crippen LogP contribution in [0.25, 0.3) is 11.4 Å². The molecule has 0 spiro atoms. The first-order valence-corrected chi connectivity index (χ1v) is 7.69. The Labute approximate surface area is 120 Å². The smallest absolute Gasteiger partial charge is 0.316 e. The maximum Gasteiger partial charge on any atom is 0.316 e. The highest BCUT2D eigenvalue weighted by Gasteiger charge is 2.14. The molecule has 0 fully saturated rings. The van der Waals surface area contributed by atoms with Gasteiger partial charge in [0.25, 0.3) is 0 Å². The molecule has 0 atom stereocenters. The van der Waals surface area contributed by atoms with E-state index in [1.807, 2.05) is 11.6 Å². The van der Waals surface area contributed by atoms with Crippen LogP contribution in [0.2, 0.25) is 0 Å². The number of carbonyl (C=O) groups excluding carboxylic acids is 1. The summed E-state index contributed by atoms with van der Waals surface area (Å²) in [5, 5.41) is 11.1. The van der Waals surface area contributed by atoms with Crippen LogP contribution in [0.4, 0.5) is 0 Å². The Bertz CT molecular complexity index is 577. The van der Waals surface area contributed by atoms with Crippen LogP contribution in [0.1, 0.15) is 11.8 Å². The number of ether oxygens (including phenoxy) is 1. The van der Waals surface area contributed by atoms with Gasteiger partial charge in [0.05, 0.1) is 12.9 Å². The maximum atomic E-state index is 11.1. The van der Waals surface area contributed by atoms with Gasteiger partial charge in [-0.1, -0.05) is 18.7 Å². The Morgan fingerprint density at radius 2 is 2.32 bits per heavy atom. The van der Waals surface area contributed by atoms with Crippen LogP contribution in [0.15, 0.2) is 16.6 Å². The number of esters is 1. The molecule has 2 aromatic heterocycles. The molecule has 0 N–H and O–H groups in total. The summed E-state index contributed by atoms with van der Waals surface area (Å²) in [6, 6.07) is 2.13. The first-order chi connectivity index (χ1) is 9.15. The number of thioether (sulfide) groups is 1. The minimum absolute atomic E-state index is 0.242. The number of rotatable bonds is 5. The van der Waals surface area contributed by atoms with Crippen molar-refractivity contribution >= 4 is 29.1 Å². The molecule has 0 saturated carbocycles. The topological polar surface area (TPSA) is 57.0 Å². The average Bonchev–Trinajstić information content (AvgIpc) is 3.02. The van der Waals surface area contributed by atoms with Crippen molar-refractivity contribution < 1.29 is 9.53 Å². The molecule has 0 aliphatic carbocycles. The Morgan fingerprint density at radius 3 is 2.95 bits per heavy atom. The highest BCUT2D eigenvalue weighted by Crippen LogP contribution is 2.27. The number of methoxy groups -OCH3 is 1. The van der Waals surface area contributed by atoms with Crippen molar-refractivity contribution in [3.8, 4) is 11.4 Å². The normalized spacial score (nSPS) is 10.7. The van der Waals surface area contributed by atoms with Crippen molar-refractivity contribution in [2.75, 3.05) is 12.9 Å². The van der Waals surface area contributed by atoms with E-state index in [1.165, 1.54) is 23.7 Å². The SMILES string of the molecule is CCc1cc(-c2nnc(SCC(=O)OC)n2C)cs1. The predicted octanol–water partition coefficient (Wildman–Crippen LogP) is 2.37. The lowest BCUT2D eigenvalue weighted by molar-refractivity contribution is -0.137. The lowest BCUT2D eigenvalue weighted by atomic mass is 10.2. The zero-order valence-electron chi connectivity index (χ0n) is 11.0. The first kappa shape index (κ1) is 14.1. The average molecular weight is 297 g/mol. The fraction of sp³-hybridized carbons (Fsp3) is 0.417. The van der Waals surface area contributed by atoms with Gasteiger partial charge in [-0.2, -0.15) is 0 Å². The van der Waals surface area contributed by atoms with E-state index in [1.54, 1.807) is 11.3 Å². The third-order valence-electron chi connectivity index (χ3n) is 2.64. The van der Waals surface area contributed by atoms with Gasteiger partial charge in [-0.3, -0.25) is 4.79 Å². The van der Waals surface area contributed by atoms with E-state index < -0.39 is 0 Å². The van der Waals surface area contributed by atoms with Crippen molar-refractivity contribution in [3.05, 3.63) is 16.3 Å². The lowest BCUT2D eigenvalue weighted by Gasteiger charge is -2.01. The Morgan fingerprint density at radius 1 is 1.53 bits per heavy atom. The van der Waals surface area contributed by atoms with Crippen LogP contribution in [0.5, 0.6) is 0 Å². The quantitative estimate of drug-likeness (QED) is 0.626. The summed E-state index contributed by atoms with van der Waals surface area (Å²) in [7, 11) is 3.28.